The smallest absolute Gasteiger partial charge is 0.232 e. The van der Waals surface area contributed by atoms with Gasteiger partial charge in [0.1, 0.15) is 11.5 Å². The molecule has 5 nitrogen and oxygen atoms in total. The highest BCUT2D eigenvalue weighted by molar-refractivity contribution is 6.30. The zero-order chi connectivity index (χ0) is 19.9. The molecule has 1 aromatic heterocycles. The van der Waals surface area contributed by atoms with Crippen LogP contribution in [0.3, 0.4) is 0 Å². The largest absolute Gasteiger partial charge is 0.497 e. The summed E-state index contributed by atoms with van der Waals surface area (Å²) in [6.07, 6.45) is 3.99. The Morgan fingerprint density at radius 1 is 1.11 bits per heavy atom. The van der Waals surface area contributed by atoms with E-state index in [9.17, 15) is 4.79 Å². The Labute approximate surface area is 169 Å². The van der Waals surface area contributed by atoms with Crippen molar-refractivity contribution in [2.75, 3.05) is 19.5 Å². The Kier molecular flexibility index (Phi) is 6.50. The van der Waals surface area contributed by atoms with Crippen molar-refractivity contribution in [2.45, 2.75) is 12.3 Å². The van der Waals surface area contributed by atoms with E-state index in [1.54, 1.807) is 56.9 Å². The van der Waals surface area contributed by atoms with Crippen LogP contribution in [0.4, 0.5) is 5.69 Å². The van der Waals surface area contributed by atoms with Gasteiger partial charge in [-0.05, 0) is 47.9 Å². The summed E-state index contributed by atoms with van der Waals surface area (Å²) < 4.78 is 10.6. The molecule has 0 fully saturated rings. The SMILES string of the molecule is COc1ccc(NC(=O)C(Cc2cccnc2)c2ccc(Cl)cc2)c(OC)c1. The molecule has 1 unspecified atom stereocenters. The van der Waals surface area contributed by atoms with Gasteiger partial charge in [-0.15, -0.1) is 0 Å². The van der Waals surface area contributed by atoms with Crippen molar-refractivity contribution in [1.82, 2.24) is 4.98 Å². The van der Waals surface area contributed by atoms with Crippen LogP contribution >= 0.6 is 11.6 Å². The first-order chi connectivity index (χ1) is 13.6. The zero-order valence-corrected chi connectivity index (χ0v) is 16.4. The maximum atomic E-state index is 13.2. The normalized spacial score (nSPS) is 11.5. The van der Waals surface area contributed by atoms with E-state index in [2.05, 4.69) is 10.3 Å². The number of nitrogens with zero attached hydrogens (tertiary/aromatic N) is 1. The molecule has 0 saturated heterocycles. The fourth-order valence-corrected chi connectivity index (χ4v) is 3.06. The molecule has 3 rings (SSSR count). The molecule has 0 aliphatic rings. The molecule has 144 valence electrons. The van der Waals surface area contributed by atoms with Crippen molar-refractivity contribution in [1.29, 1.82) is 0 Å². The second-order valence-corrected chi connectivity index (χ2v) is 6.66. The number of nitrogens with one attached hydrogen (secondary N) is 1. The lowest BCUT2D eigenvalue weighted by Crippen LogP contribution is -2.23. The number of amides is 1. The maximum Gasteiger partial charge on any atom is 0.232 e. The monoisotopic (exact) mass is 396 g/mol. The summed E-state index contributed by atoms with van der Waals surface area (Å²) in [5, 5.41) is 3.60. The maximum absolute atomic E-state index is 13.2. The Morgan fingerprint density at radius 2 is 1.89 bits per heavy atom. The third-order valence-corrected chi connectivity index (χ3v) is 4.67. The first-order valence-corrected chi connectivity index (χ1v) is 9.15. The first kappa shape index (κ1) is 19.7. The molecule has 0 aliphatic carbocycles. The van der Waals surface area contributed by atoms with E-state index in [4.69, 9.17) is 21.1 Å². The summed E-state index contributed by atoms with van der Waals surface area (Å²) in [6.45, 7) is 0. The first-order valence-electron chi connectivity index (χ1n) is 8.78. The highest BCUT2D eigenvalue weighted by Gasteiger charge is 2.22. The number of pyridine rings is 1. The highest BCUT2D eigenvalue weighted by atomic mass is 35.5. The van der Waals surface area contributed by atoms with E-state index in [1.165, 1.54) is 0 Å². The second-order valence-electron chi connectivity index (χ2n) is 6.22. The van der Waals surface area contributed by atoms with Gasteiger partial charge in [0.05, 0.1) is 25.8 Å². The summed E-state index contributed by atoms with van der Waals surface area (Å²) in [6, 6.07) is 16.4. The molecule has 0 bridgehead atoms. The number of halogens is 1. The number of hydrogen-bond donors (Lipinski definition) is 1. The molecular weight excluding hydrogens is 376 g/mol. The third-order valence-electron chi connectivity index (χ3n) is 4.42. The number of benzene rings is 2. The van der Waals surface area contributed by atoms with Crippen molar-refractivity contribution in [3.05, 3.63) is 83.1 Å². The quantitative estimate of drug-likeness (QED) is 0.627. The van der Waals surface area contributed by atoms with E-state index in [-0.39, 0.29) is 5.91 Å². The number of anilines is 1. The van der Waals surface area contributed by atoms with Crippen LogP contribution in [-0.2, 0) is 11.2 Å². The number of rotatable bonds is 7. The van der Waals surface area contributed by atoms with E-state index in [0.717, 1.165) is 11.1 Å². The van der Waals surface area contributed by atoms with Crippen LogP contribution < -0.4 is 14.8 Å². The van der Waals surface area contributed by atoms with Gasteiger partial charge in [-0.1, -0.05) is 29.8 Å². The fourth-order valence-electron chi connectivity index (χ4n) is 2.93. The fraction of sp³-hybridized carbons (Fsp3) is 0.182. The van der Waals surface area contributed by atoms with Gasteiger partial charge in [-0.3, -0.25) is 9.78 Å². The minimum Gasteiger partial charge on any atom is -0.497 e. The number of hydrogen-bond acceptors (Lipinski definition) is 4. The van der Waals surface area contributed by atoms with Crippen LogP contribution in [0.2, 0.25) is 5.02 Å². The molecule has 1 amide bonds. The lowest BCUT2D eigenvalue weighted by Gasteiger charge is -2.19. The van der Waals surface area contributed by atoms with Gasteiger partial charge < -0.3 is 14.8 Å². The van der Waals surface area contributed by atoms with Gasteiger partial charge in [-0.25, -0.2) is 0 Å². The van der Waals surface area contributed by atoms with Crippen LogP contribution in [0.25, 0.3) is 0 Å². The molecule has 1 heterocycles. The average molecular weight is 397 g/mol. The van der Waals surface area contributed by atoms with Crippen LogP contribution in [-0.4, -0.2) is 25.1 Å². The standard InChI is InChI=1S/C22H21ClN2O3/c1-27-18-9-10-20(21(13-18)28-2)25-22(26)19(12-15-4-3-11-24-14-15)16-5-7-17(23)8-6-16/h3-11,13-14,19H,12H2,1-2H3,(H,25,26). The molecule has 1 atom stereocenters. The number of carbonyl (C=O) groups excluding carboxylic acids is 1. The number of methoxy groups -OCH3 is 2. The zero-order valence-electron chi connectivity index (χ0n) is 15.7. The molecule has 0 radical (unpaired) electrons. The summed E-state index contributed by atoms with van der Waals surface area (Å²) in [7, 11) is 3.13. The molecule has 3 aromatic rings. The van der Waals surface area contributed by atoms with Crippen LogP contribution in [0.5, 0.6) is 11.5 Å². The molecule has 1 N–H and O–H groups in total. The van der Waals surface area contributed by atoms with Crippen molar-refractivity contribution >= 4 is 23.2 Å². The minimum atomic E-state index is -0.409. The Hall–Kier alpha value is -3.05. The molecule has 0 spiro atoms. The summed E-state index contributed by atoms with van der Waals surface area (Å²) in [5.74, 6) is 0.631. The van der Waals surface area contributed by atoms with Crippen molar-refractivity contribution in [3.8, 4) is 11.5 Å². The summed E-state index contributed by atoms with van der Waals surface area (Å²) >= 11 is 6.02. The second kappa shape index (κ2) is 9.24. The molecule has 0 saturated carbocycles. The van der Waals surface area contributed by atoms with Gasteiger partial charge in [0.2, 0.25) is 5.91 Å². The average Bonchev–Trinajstić information content (AvgIpc) is 2.73. The van der Waals surface area contributed by atoms with E-state index >= 15 is 0 Å². The lowest BCUT2D eigenvalue weighted by molar-refractivity contribution is -0.117. The number of carbonyl (C=O) groups is 1. The van der Waals surface area contributed by atoms with Crippen molar-refractivity contribution < 1.29 is 14.3 Å². The number of aromatic nitrogens is 1. The molecule has 28 heavy (non-hydrogen) atoms. The van der Waals surface area contributed by atoms with Gasteiger partial charge >= 0.3 is 0 Å². The third kappa shape index (κ3) is 4.81. The van der Waals surface area contributed by atoms with Gasteiger partial charge in [0, 0.05) is 23.5 Å². The molecule has 2 aromatic carbocycles. The lowest BCUT2D eigenvalue weighted by atomic mass is 9.91. The predicted octanol–water partition coefficient (Wildman–Crippen LogP) is 4.72. The van der Waals surface area contributed by atoms with E-state index in [0.29, 0.717) is 28.6 Å². The molecule has 6 heteroatoms. The Balaban J connectivity index is 1.89. The number of ether oxygens (including phenoxy) is 2. The summed E-state index contributed by atoms with van der Waals surface area (Å²) in [4.78, 5) is 17.3. The van der Waals surface area contributed by atoms with Crippen LogP contribution in [0.15, 0.2) is 67.0 Å². The Bertz CT molecular complexity index is 930. The summed E-state index contributed by atoms with van der Waals surface area (Å²) in [5.41, 5.74) is 2.43. The van der Waals surface area contributed by atoms with E-state index < -0.39 is 5.92 Å². The van der Waals surface area contributed by atoms with Gasteiger partial charge in [0.25, 0.3) is 0 Å². The molecular formula is C22H21ClN2O3. The van der Waals surface area contributed by atoms with Gasteiger partial charge in [-0.2, -0.15) is 0 Å². The topological polar surface area (TPSA) is 60.5 Å². The van der Waals surface area contributed by atoms with Crippen LogP contribution in [0, 0.1) is 0 Å². The molecule has 0 aliphatic heterocycles. The van der Waals surface area contributed by atoms with Crippen LogP contribution in [0.1, 0.15) is 17.0 Å². The Morgan fingerprint density at radius 3 is 2.54 bits per heavy atom. The van der Waals surface area contributed by atoms with Crippen molar-refractivity contribution in [3.63, 3.8) is 0 Å². The predicted molar refractivity (Wildman–Crippen MR) is 110 cm³/mol. The minimum absolute atomic E-state index is 0.144. The van der Waals surface area contributed by atoms with E-state index in [1.807, 2.05) is 24.3 Å². The van der Waals surface area contributed by atoms with Gasteiger partial charge in [0.15, 0.2) is 0 Å². The highest BCUT2D eigenvalue weighted by Crippen LogP contribution is 2.31. The van der Waals surface area contributed by atoms with Crippen molar-refractivity contribution in [2.24, 2.45) is 0 Å².